The van der Waals surface area contributed by atoms with Gasteiger partial charge in [0.25, 0.3) is 0 Å². The van der Waals surface area contributed by atoms with Crippen molar-refractivity contribution >= 4 is 5.96 Å². The van der Waals surface area contributed by atoms with Gasteiger partial charge in [-0.05, 0) is 37.7 Å². The van der Waals surface area contributed by atoms with Crippen LogP contribution in [0, 0.1) is 5.41 Å². The van der Waals surface area contributed by atoms with Gasteiger partial charge >= 0.3 is 0 Å². The normalized spacial score (nSPS) is 15.4. The van der Waals surface area contributed by atoms with E-state index in [1.54, 1.807) is 0 Å². The van der Waals surface area contributed by atoms with Crippen LogP contribution in [0.3, 0.4) is 0 Å². The molecule has 1 saturated heterocycles. The maximum atomic E-state index is 7.98. The van der Waals surface area contributed by atoms with Crippen molar-refractivity contribution in [3.63, 3.8) is 0 Å². The van der Waals surface area contributed by atoms with Crippen molar-refractivity contribution in [3.05, 3.63) is 35.9 Å². The predicted molar refractivity (Wildman–Crippen MR) is 75.9 cm³/mol. The molecule has 0 aromatic heterocycles. The number of rotatable bonds is 4. The van der Waals surface area contributed by atoms with Crippen LogP contribution in [0.4, 0.5) is 0 Å². The molecular formula is C15H23N3. The monoisotopic (exact) mass is 245 g/mol. The number of benzene rings is 1. The zero-order chi connectivity index (χ0) is 12.6. The van der Waals surface area contributed by atoms with Crippen LogP contribution in [0.2, 0.25) is 0 Å². The Morgan fingerprint density at radius 2 is 1.83 bits per heavy atom. The topological polar surface area (TPSA) is 39.1 Å². The number of nitrogens with one attached hydrogen (secondary N) is 2. The molecule has 0 bridgehead atoms. The summed E-state index contributed by atoms with van der Waals surface area (Å²) in [7, 11) is 0. The summed E-state index contributed by atoms with van der Waals surface area (Å²) < 4.78 is 0. The van der Waals surface area contributed by atoms with Gasteiger partial charge in [0.15, 0.2) is 5.96 Å². The quantitative estimate of drug-likeness (QED) is 0.486. The van der Waals surface area contributed by atoms with Crippen LogP contribution in [0.15, 0.2) is 30.3 Å². The maximum absolute atomic E-state index is 7.98. The number of piperidine rings is 1. The third kappa shape index (κ3) is 4.06. The van der Waals surface area contributed by atoms with E-state index in [1.807, 2.05) is 6.07 Å². The van der Waals surface area contributed by atoms with Gasteiger partial charge in [0.1, 0.15) is 0 Å². The molecule has 98 valence electrons. The summed E-state index contributed by atoms with van der Waals surface area (Å²) >= 11 is 0. The highest BCUT2D eigenvalue weighted by Crippen LogP contribution is 2.08. The van der Waals surface area contributed by atoms with Gasteiger partial charge in [-0.1, -0.05) is 30.3 Å². The Balaban J connectivity index is 1.61. The van der Waals surface area contributed by atoms with Crippen LogP contribution in [0.1, 0.15) is 31.2 Å². The minimum atomic E-state index is 0.614. The maximum Gasteiger partial charge on any atom is 0.191 e. The van der Waals surface area contributed by atoms with Crippen molar-refractivity contribution in [1.82, 2.24) is 10.2 Å². The molecule has 0 radical (unpaired) electrons. The lowest BCUT2D eigenvalue weighted by atomic mass is 10.1. The van der Waals surface area contributed by atoms with E-state index in [4.69, 9.17) is 5.41 Å². The van der Waals surface area contributed by atoms with Crippen molar-refractivity contribution in [2.45, 2.75) is 32.1 Å². The molecule has 18 heavy (non-hydrogen) atoms. The van der Waals surface area contributed by atoms with E-state index >= 15 is 0 Å². The smallest absolute Gasteiger partial charge is 0.191 e. The molecule has 3 nitrogen and oxygen atoms in total. The third-order valence-corrected chi connectivity index (χ3v) is 3.45. The minimum absolute atomic E-state index is 0.614. The molecule has 1 aliphatic rings. The third-order valence-electron chi connectivity index (χ3n) is 3.45. The molecule has 1 heterocycles. The molecule has 0 amide bonds. The first kappa shape index (κ1) is 12.9. The highest BCUT2D eigenvalue weighted by atomic mass is 15.3. The Labute approximate surface area is 110 Å². The molecule has 1 aliphatic heterocycles. The Bertz CT molecular complexity index is 355. The number of aryl methyl sites for hydroxylation is 1. The van der Waals surface area contributed by atoms with E-state index in [2.05, 4.69) is 34.5 Å². The van der Waals surface area contributed by atoms with Gasteiger partial charge in [0.05, 0.1) is 0 Å². The molecule has 0 unspecified atom stereocenters. The van der Waals surface area contributed by atoms with Crippen LogP contribution >= 0.6 is 0 Å². The van der Waals surface area contributed by atoms with Gasteiger partial charge in [-0.15, -0.1) is 0 Å². The van der Waals surface area contributed by atoms with Crippen molar-refractivity contribution in [2.75, 3.05) is 19.6 Å². The molecule has 3 heteroatoms. The van der Waals surface area contributed by atoms with E-state index in [1.165, 1.54) is 24.8 Å². The van der Waals surface area contributed by atoms with Gasteiger partial charge < -0.3 is 10.2 Å². The van der Waals surface area contributed by atoms with Crippen molar-refractivity contribution < 1.29 is 0 Å². The lowest BCUT2D eigenvalue weighted by molar-refractivity contribution is 0.330. The van der Waals surface area contributed by atoms with Crippen molar-refractivity contribution in [3.8, 4) is 0 Å². The zero-order valence-electron chi connectivity index (χ0n) is 11.0. The van der Waals surface area contributed by atoms with E-state index in [9.17, 15) is 0 Å². The number of hydrogen-bond donors (Lipinski definition) is 2. The lowest BCUT2D eigenvalue weighted by Gasteiger charge is -2.29. The van der Waals surface area contributed by atoms with Gasteiger partial charge in [-0.2, -0.15) is 0 Å². The van der Waals surface area contributed by atoms with Gasteiger partial charge in [0.2, 0.25) is 0 Å². The fourth-order valence-electron chi connectivity index (χ4n) is 2.37. The van der Waals surface area contributed by atoms with Crippen LogP contribution in [-0.2, 0) is 6.42 Å². The second kappa shape index (κ2) is 7.04. The first-order valence-corrected chi connectivity index (χ1v) is 6.97. The molecular weight excluding hydrogens is 222 g/mol. The average Bonchev–Trinajstić information content (AvgIpc) is 2.45. The highest BCUT2D eigenvalue weighted by Gasteiger charge is 2.12. The van der Waals surface area contributed by atoms with Gasteiger partial charge in [0, 0.05) is 19.6 Å². The van der Waals surface area contributed by atoms with Gasteiger partial charge in [-0.25, -0.2) is 0 Å². The first-order valence-electron chi connectivity index (χ1n) is 6.97. The Hall–Kier alpha value is -1.51. The van der Waals surface area contributed by atoms with Crippen LogP contribution in [0.5, 0.6) is 0 Å². The standard InChI is InChI=1S/C15H23N3/c16-15(18-12-5-2-6-13-18)17-11-7-10-14-8-3-1-4-9-14/h1,3-4,8-9H,2,5-7,10-13H2,(H2,16,17). The predicted octanol–water partition coefficient (Wildman–Crippen LogP) is 2.63. The molecule has 1 fully saturated rings. The fourth-order valence-corrected chi connectivity index (χ4v) is 2.37. The number of nitrogens with zero attached hydrogens (tertiary/aromatic N) is 1. The SMILES string of the molecule is N=C(NCCCc1ccccc1)N1CCCCC1. The summed E-state index contributed by atoms with van der Waals surface area (Å²) in [6, 6.07) is 10.5. The Morgan fingerprint density at radius 1 is 1.11 bits per heavy atom. The summed E-state index contributed by atoms with van der Waals surface area (Å²) in [6.07, 6.45) is 5.95. The van der Waals surface area contributed by atoms with E-state index in [0.717, 1.165) is 32.5 Å². The summed E-state index contributed by atoms with van der Waals surface area (Å²) in [5.74, 6) is 0.614. The van der Waals surface area contributed by atoms with Crippen molar-refractivity contribution in [2.24, 2.45) is 0 Å². The summed E-state index contributed by atoms with van der Waals surface area (Å²) in [6.45, 7) is 2.99. The van der Waals surface area contributed by atoms with Crippen LogP contribution in [-0.4, -0.2) is 30.5 Å². The highest BCUT2D eigenvalue weighted by molar-refractivity contribution is 5.76. The molecule has 1 aromatic carbocycles. The molecule has 0 aliphatic carbocycles. The molecule has 2 rings (SSSR count). The molecule has 0 atom stereocenters. The molecule has 0 saturated carbocycles. The second-order valence-electron chi connectivity index (χ2n) is 4.91. The number of hydrogen-bond acceptors (Lipinski definition) is 1. The van der Waals surface area contributed by atoms with Crippen LogP contribution < -0.4 is 5.32 Å². The minimum Gasteiger partial charge on any atom is -0.356 e. The number of guanidine groups is 1. The second-order valence-corrected chi connectivity index (χ2v) is 4.91. The lowest BCUT2D eigenvalue weighted by Crippen LogP contribution is -2.43. The number of likely N-dealkylation sites (tertiary alicyclic amines) is 1. The first-order chi connectivity index (χ1) is 8.86. The van der Waals surface area contributed by atoms with Crippen LogP contribution in [0.25, 0.3) is 0 Å². The summed E-state index contributed by atoms with van der Waals surface area (Å²) in [5, 5.41) is 11.2. The van der Waals surface area contributed by atoms with Gasteiger partial charge in [-0.3, -0.25) is 5.41 Å². The van der Waals surface area contributed by atoms with E-state index in [0.29, 0.717) is 5.96 Å². The summed E-state index contributed by atoms with van der Waals surface area (Å²) in [5.41, 5.74) is 1.38. The zero-order valence-corrected chi connectivity index (χ0v) is 11.0. The largest absolute Gasteiger partial charge is 0.356 e. The molecule has 1 aromatic rings. The average molecular weight is 245 g/mol. The molecule has 2 N–H and O–H groups in total. The summed E-state index contributed by atoms with van der Waals surface area (Å²) in [4.78, 5) is 2.16. The van der Waals surface area contributed by atoms with E-state index in [-0.39, 0.29) is 0 Å². The Kier molecular flexibility index (Phi) is 5.06. The molecule has 0 spiro atoms. The Morgan fingerprint density at radius 3 is 2.56 bits per heavy atom. The van der Waals surface area contributed by atoms with E-state index < -0.39 is 0 Å². The van der Waals surface area contributed by atoms with Crippen molar-refractivity contribution in [1.29, 1.82) is 5.41 Å². The fraction of sp³-hybridized carbons (Fsp3) is 0.533.